The molecule has 3 heteroatoms. The second-order valence-corrected chi connectivity index (χ2v) is 2.95. The van der Waals surface area contributed by atoms with E-state index in [-0.39, 0.29) is 6.42 Å². The third kappa shape index (κ3) is 8.20. The van der Waals surface area contributed by atoms with Crippen molar-refractivity contribution in [3.8, 4) is 0 Å². The minimum Gasteiger partial charge on any atom is -0.247 e. The maximum atomic E-state index is 9.85. The van der Waals surface area contributed by atoms with Gasteiger partial charge in [0.05, 0.1) is 6.42 Å². The normalized spacial score (nSPS) is 9.44. The summed E-state index contributed by atoms with van der Waals surface area (Å²) in [7, 11) is 0. The van der Waals surface area contributed by atoms with E-state index in [0.29, 0.717) is 0 Å². The average Bonchev–Trinajstić information content (AvgIpc) is 1.80. The highest BCUT2D eigenvalue weighted by molar-refractivity contribution is 14.1. The summed E-state index contributed by atoms with van der Waals surface area (Å²) in [5.41, 5.74) is 0. The summed E-state index contributed by atoms with van der Waals surface area (Å²) in [6, 6.07) is 0. The zero-order valence-corrected chi connectivity index (χ0v) is 7.39. The van der Waals surface area contributed by atoms with E-state index in [1.807, 2.05) is 0 Å². The molecule has 1 radical (unpaired) electrons. The standard InChI is InChI=1S/C6H10IO2/c7-5-3-1-2-4-6(8)9/h1-5H2. The van der Waals surface area contributed by atoms with Gasteiger partial charge in [0.25, 0.3) is 0 Å². The zero-order chi connectivity index (χ0) is 7.11. The SMILES string of the molecule is [O]C(=O)CCCCCI. The van der Waals surface area contributed by atoms with Crippen LogP contribution in [-0.2, 0) is 9.90 Å². The number of hydrogen-bond acceptors (Lipinski definition) is 1. The molecule has 0 aliphatic carbocycles. The molecular formula is C6H10IO2. The molecule has 0 heterocycles. The van der Waals surface area contributed by atoms with Crippen molar-refractivity contribution in [2.45, 2.75) is 25.7 Å². The van der Waals surface area contributed by atoms with Crippen LogP contribution in [-0.4, -0.2) is 10.4 Å². The molecule has 0 unspecified atom stereocenters. The van der Waals surface area contributed by atoms with Crippen LogP contribution in [0.3, 0.4) is 0 Å². The van der Waals surface area contributed by atoms with Crippen LogP contribution in [0.1, 0.15) is 25.7 Å². The van der Waals surface area contributed by atoms with E-state index in [0.717, 1.165) is 23.7 Å². The fraction of sp³-hybridized carbons (Fsp3) is 0.833. The molecule has 9 heavy (non-hydrogen) atoms. The molecule has 0 rings (SSSR count). The van der Waals surface area contributed by atoms with E-state index in [4.69, 9.17) is 0 Å². The van der Waals surface area contributed by atoms with Crippen LogP contribution in [0.15, 0.2) is 0 Å². The Kier molecular flexibility index (Phi) is 6.46. The molecule has 0 aliphatic heterocycles. The van der Waals surface area contributed by atoms with Gasteiger partial charge in [0.1, 0.15) is 0 Å². The summed E-state index contributed by atoms with van der Waals surface area (Å²) < 4.78 is 1.12. The lowest BCUT2D eigenvalue weighted by molar-refractivity contribution is -0.143. The molecule has 0 bridgehead atoms. The number of halogens is 1. The van der Waals surface area contributed by atoms with Gasteiger partial charge in [0.15, 0.2) is 0 Å². The van der Waals surface area contributed by atoms with Crippen molar-refractivity contribution in [1.82, 2.24) is 0 Å². The Morgan fingerprint density at radius 1 is 1.22 bits per heavy atom. The maximum absolute atomic E-state index is 9.85. The van der Waals surface area contributed by atoms with Crippen molar-refractivity contribution in [2.75, 3.05) is 4.43 Å². The summed E-state index contributed by atoms with van der Waals surface area (Å²) in [4.78, 5) is 9.85. The smallest absolute Gasteiger partial charge is 0.247 e. The van der Waals surface area contributed by atoms with Gasteiger partial charge in [-0.2, -0.15) is 0 Å². The summed E-state index contributed by atoms with van der Waals surface area (Å²) in [5, 5.41) is 9.85. The molecule has 0 N–H and O–H groups in total. The molecule has 0 aromatic carbocycles. The minimum atomic E-state index is -0.927. The Morgan fingerprint density at radius 3 is 2.33 bits per heavy atom. The third-order valence-electron chi connectivity index (χ3n) is 1.01. The predicted octanol–water partition coefficient (Wildman–Crippen LogP) is 1.94. The van der Waals surface area contributed by atoms with Gasteiger partial charge in [0.2, 0.25) is 0 Å². The molecular weight excluding hydrogens is 231 g/mol. The first-order valence-corrected chi connectivity index (χ1v) is 4.55. The molecule has 0 saturated carbocycles. The predicted molar refractivity (Wildman–Crippen MR) is 43.0 cm³/mol. The lowest BCUT2D eigenvalue weighted by Crippen LogP contribution is -1.91. The van der Waals surface area contributed by atoms with Crippen LogP contribution in [0.4, 0.5) is 0 Å². The van der Waals surface area contributed by atoms with Gasteiger partial charge in [-0.05, 0) is 17.3 Å². The van der Waals surface area contributed by atoms with Gasteiger partial charge in [-0.15, -0.1) is 0 Å². The second-order valence-electron chi connectivity index (χ2n) is 1.87. The highest BCUT2D eigenvalue weighted by Crippen LogP contribution is 2.01. The summed E-state index contributed by atoms with van der Waals surface area (Å²) in [5.74, 6) is -0.927. The molecule has 0 aliphatic rings. The molecule has 0 atom stereocenters. The number of carbonyl (C=O) groups excluding carboxylic acids is 1. The number of alkyl halides is 1. The Bertz CT molecular complexity index is 83.1. The van der Waals surface area contributed by atoms with Crippen molar-refractivity contribution < 1.29 is 9.90 Å². The van der Waals surface area contributed by atoms with Gasteiger partial charge in [-0.3, -0.25) is 0 Å². The van der Waals surface area contributed by atoms with Crippen LogP contribution in [0.2, 0.25) is 0 Å². The highest BCUT2D eigenvalue weighted by Gasteiger charge is 1.96. The number of rotatable bonds is 5. The monoisotopic (exact) mass is 241 g/mol. The van der Waals surface area contributed by atoms with Gasteiger partial charge >= 0.3 is 5.97 Å². The summed E-state index contributed by atoms with van der Waals surface area (Å²) >= 11 is 2.28. The van der Waals surface area contributed by atoms with E-state index < -0.39 is 5.97 Å². The van der Waals surface area contributed by atoms with Crippen molar-refractivity contribution in [1.29, 1.82) is 0 Å². The molecule has 0 saturated heterocycles. The average molecular weight is 241 g/mol. The first kappa shape index (κ1) is 9.20. The van der Waals surface area contributed by atoms with Crippen molar-refractivity contribution in [3.63, 3.8) is 0 Å². The molecule has 0 spiro atoms. The zero-order valence-electron chi connectivity index (χ0n) is 5.23. The van der Waals surface area contributed by atoms with E-state index in [9.17, 15) is 9.90 Å². The first-order valence-electron chi connectivity index (χ1n) is 3.03. The maximum Gasteiger partial charge on any atom is 0.355 e. The van der Waals surface area contributed by atoms with Crippen LogP contribution in [0, 0.1) is 0 Å². The minimum absolute atomic E-state index is 0.219. The fourth-order valence-corrected chi connectivity index (χ4v) is 1.08. The quantitative estimate of drug-likeness (QED) is 0.411. The molecule has 0 fully saturated rings. The van der Waals surface area contributed by atoms with E-state index >= 15 is 0 Å². The molecule has 0 amide bonds. The Morgan fingerprint density at radius 2 is 1.89 bits per heavy atom. The lowest BCUT2D eigenvalue weighted by atomic mass is 10.2. The summed E-state index contributed by atoms with van der Waals surface area (Å²) in [6.07, 6.45) is 3.12. The fourth-order valence-electron chi connectivity index (χ4n) is 0.541. The number of hydrogen-bond donors (Lipinski definition) is 0. The second kappa shape index (κ2) is 6.32. The lowest BCUT2D eigenvalue weighted by Gasteiger charge is -1.90. The van der Waals surface area contributed by atoms with E-state index in [1.165, 1.54) is 0 Å². The first-order chi connectivity index (χ1) is 4.27. The Hall–Kier alpha value is 0.200. The van der Waals surface area contributed by atoms with Crippen LogP contribution in [0.25, 0.3) is 0 Å². The van der Waals surface area contributed by atoms with Crippen LogP contribution in [0.5, 0.6) is 0 Å². The van der Waals surface area contributed by atoms with E-state index in [1.54, 1.807) is 0 Å². The third-order valence-corrected chi connectivity index (χ3v) is 1.78. The number of carbonyl (C=O) groups is 1. The van der Waals surface area contributed by atoms with Gasteiger partial charge in [-0.25, -0.2) is 9.90 Å². The number of unbranched alkanes of at least 4 members (excludes halogenated alkanes) is 2. The van der Waals surface area contributed by atoms with E-state index in [2.05, 4.69) is 22.6 Å². The molecule has 0 aromatic rings. The topological polar surface area (TPSA) is 37.0 Å². The summed E-state index contributed by atoms with van der Waals surface area (Å²) in [6.45, 7) is 0. The Labute approximate surface area is 68.8 Å². The molecule has 2 nitrogen and oxygen atoms in total. The van der Waals surface area contributed by atoms with Crippen molar-refractivity contribution >= 4 is 28.6 Å². The van der Waals surface area contributed by atoms with Crippen molar-refractivity contribution in [3.05, 3.63) is 0 Å². The van der Waals surface area contributed by atoms with Gasteiger partial charge in [-0.1, -0.05) is 29.0 Å². The largest absolute Gasteiger partial charge is 0.355 e. The highest BCUT2D eigenvalue weighted by atomic mass is 127. The van der Waals surface area contributed by atoms with Gasteiger partial charge < -0.3 is 0 Å². The van der Waals surface area contributed by atoms with Crippen LogP contribution < -0.4 is 0 Å². The molecule has 53 valence electrons. The van der Waals surface area contributed by atoms with Crippen molar-refractivity contribution in [2.24, 2.45) is 0 Å². The Balaban J connectivity index is 2.83. The van der Waals surface area contributed by atoms with Gasteiger partial charge in [0, 0.05) is 0 Å². The molecule has 0 aromatic heterocycles. The van der Waals surface area contributed by atoms with Crippen LogP contribution >= 0.6 is 22.6 Å².